The summed E-state index contributed by atoms with van der Waals surface area (Å²) in [5.41, 5.74) is 2.33. The molecule has 17 heavy (non-hydrogen) atoms. The van der Waals surface area contributed by atoms with Crippen LogP contribution in [0.15, 0.2) is 18.3 Å². The average molecular weight is 229 g/mol. The number of anilines is 2. The number of aryl methyl sites for hydroxylation is 1. The molecule has 3 heterocycles. The summed E-state index contributed by atoms with van der Waals surface area (Å²) in [4.78, 5) is 12.1. The summed E-state index contributed by atoms with van der Waals surface area (Å²) in [7, 11) is 0. The molecule has 0 radical (unpaired) electrons. The van der Waals surface area contributed by atoms with E-state index in [0.717, 1.165) is 42.7 Å². The third kappa shape index (κ3) is 2.01. The zero-order valence-electron chi connectivity index (χ0n) is 9.75. The molecule has 1 aliphatic rings. The second-order valence-electron chi connectivity index (χ2n) is 4.18. The molecular weight excluding hydrogens is 214 g/mol. The van der Waals surface area contributed by atoms with Crippen LogP contribution in [-0.4, -0.2) is 21.5 Å². The van der Waals surface area contributed by atoms with Crippen molar-refractivity contribution in [1.29, 1.82) is 0 Å². The minimum Gasteiger partial charge on any atom is -0.348 e. The number of aromatic amines is 1. The Morgan fingerprint density at radius 3 is 3.12 bits per heavy atom. The molecule has 1 aliphatic heterocycles. The average Bonchev–Trinajstić information content (AvgIpc) is 2.81. The molecule has 5 nitrogen and oxygen atoms in total. The molecule has 0 aliphatic carbocycles. The maximum atomic E-state index is 4.50. The van der Waals surface area contributed by atoms with Gasteiger partial charge in [-0.25, -0.2) is 9.97 Å². The van der Waals surface area contributed by atoms with Crippen molar-refractivity contribution in [3.63, 3.8) is 0 Å². The van der Waals surface area contributed by atoms with Gasteiger partial charge in [0.05, 0.1) is 5.69 Å². The first kappa shape index (κ1) is 10.3. The lowest BCUT2D eigenvalue weighted by Crippen LogP contribution is -2.26. The molecule has 0 saturated heterocycles. The third-order valence-electron chi connectivity index (χ3n) is 2.90. The number of hydrogen-bond acceptors (Lipinski definition) is 4. The Bertz CT molecular complexity index is 518. The largest absolute Gasteiger partial charge is 0.348 e. The van der Waals surface area contributed by atoms with Gasteiger partial charge in [-0.3, -0.25) is 0 Å². The summed E-state index contributed by atoms with van der Waals surface area (Å²) in [6, 6.07) is 3.95. The number of aromatic nitrogens is 3. The van der Waals surface area contributed by atoms with Gasteiger partial charge in [0.15, 0.2) is 0 Å². The first-order valence-corrected chi connectivity index (χ1v) is 5.80. The van der Waals surface area contributed by atoms with Crippen molar-refractivity contribution >= 4 is 11.6 Å². The lowest BCUT2D eigenvalue weighted by molar-refractivity contribution is 0.625. The maximum absolute atomic E-state index is 4.50. The van der Waals surface area contributed by atoms with E-state index < -0.39 is 0 Å². The quantitative estimate of drug-likeness (QED) is 0.730. The highest BCUT2D eigenvalue weighted by atomic mass is 15.1. The minimum absolute atomic E-state index is 0.819. The second kappa shape index (κ2) is 4.18. The van der Waals surface area contributed by atoms with Gasteiger partial charge in [0, 0.05) is 31.3 Å². The van der Waals surface area contributed by atoms with E-state index >= 15 is 0 Å². The molecule has 2 aromatic heterocycles. The lowest BCUT2D eigenvalue weighted by atomic mass is 10.1. The van der Waals surface area contributed by atoms with Crippen molar-refractivity contribution in [2.75, 3.05) is 11.9 Å². The van der Waals surface area contributed by atoms with Gasteiger partial charge in [0.1, 0.15) is 17.5 Å². The Kier molecular flexibility index (Phi) is 2.53. The Hall–Kier alpha value is -1.88. The Morgan fingerprint density at radius 1 is 1.35 bits per heavy atom. The van der Waals surface area contributed by atoms with Crippen molar-refractivity contribution in [2.45, 2.75) is 19.9 Å². The number of nitrogens with zero attached hydrogens (tertiary/aromatic N) is 2. The Morgan fingerprint density at radius 2 is 2.29 bits per heavy atom. The fourth-order valence-corrected chi connectivity index (χ4v) is 2.11. The summed E-state index contributed by atoms with van der Waals surface area (Å²) in [6.45, 7) is 3.76. The monoisotopic (exact) mass is 229 g/mol. The number of fused-ring (bicyclic) bond motifs is 1. The van der Waals surface area contributed by atoms with Gasteiger partial charge in [0.2, 0.25) is 0 Å². The fourth-order valence-electron chi connectivity index (χ4n) is 2.11. The lowest BCUT2D eigenvalue weighted by Gasteiger charge is -2.19. The number of hydrogen-bond donors (Lipinski definition) is 3. The fraction of sp³-hybridized carbons (Fsp3) is 0.333. The predicted molar refractivity (Wildman–Crippen MR) is 66.3 cm³/mol. The van der Waals surface area contributed by atoms with E-state index in [9.17, 15) is 0 Å². The van der Waals surface area contributed by atoms with Gasteiger partial charge in [-0.05, 0) is 19.1 Å². The summed E-state index contributed by atoms with van der Waals surface area (Å²) < 4.78 is 0. The van der Waals surface area contributed by atoms with E-state index in [-0.39, 0.29) is 0 Å². The number of rotatable bonds is 2. The van der Waals surface area contributed by atoms with Crippen LogP contribution in [0.25, 0.3) is 0 Å². The van der Waals surface area contributed by atoms with E-state index in [1.165, 1.54) is 5.56 Å². The zero-order valence-corrected chi connectivity index (χ0v) is 9.75. The summed E-state index contributed by atoms with van der Waals surface area (Å²) >= 11 is 0. The van der Waals surface area contributed by atoms with E-state index in [2.05, 4.69) is 25.6 Å². The first-order valence-electron chi connectivity index (χ1n) is 5.80. The number of H-pyrrole nitrogens is 1. The van der Waals surface area contributed by atoms with E-state index in [0.29, 0.717) is 0 Å². The van der Waals surface area contributed by atoms with Crippen LogP contribution in [0.1, 0.15) is 17.1 Å². The molecule has 0 fully saturated rings. The summed E-state index contributed by atoms with van der Waals surface area (Å²) in [5.74, 6) is 2.68. The van der Waals surface area contributed by atoms with Crippen molar-refractivity contribution in [2.24, 2.45) is 0 Å². The van der Waals surface area contributed by atoms with E-state index in [4.69, 9.17) is 0 Å². The Labute approximate surface area is 99.7 Å². The third-order valence-corrected chi connectivity index (χ3v) is 2.90. The second-order valence-corrected chi connectivity index (χ2v) is 4.18. The molecule has 3 N–H and O–H groups in total. The standard InChI is InChI=1S/C12H15N5/c1-8-15-10-4-6-13-7-9(10)12(16-8)17-11-3-2-5-14-11/h2-3,5,13-14H,4,6-7H2,1H3,(H,15,16,17). The van der Waals surface area contributed by atoms with Crippen molar-refractivity contribution < 1.29 is 0 Å². The highest BCUT2D eigenvalue weighted by Gasteiger charge is 2.16. The molecule has 0 saturated carbocycles. The molecule has 5 heteroatoms. The van der Waals surface area contributed by atoms with Crippen molar-refractivity contribution in [3.05, 3.63) is 35.4 Å². The van der Waals surface area contributed by atoms with Crippen LogP contribution < -0.4 is 10.6 Å². The normalized spacial score (nSPS) is 14.4. The molecule has 0 aromatic carbocycles. The van der Waals surface area contributed by atoms with Crippen LogP contribution in [0.5, 0.6) is 0 Å². The highest BCUT2D eigenvalue weighted by molar-refractivity contribution is 5.57. The van der Waals surface area contributed by atoms with E-state index in [1.54, 1.807) is 0 Å². The topological polar surface area (TPSA) is 65.6 Å². The van der Waals surface area contributed by atoms with Gasteiger partial charge in [-0.15, -0.1) is 0 Å². The van der Waals surface area contributed by atoms with Gasteiger partial charge >= 0.3 is 0 Å². The SMILES string of the molecule is Cc1nc2c(c(Nc3ccc[nH]3)n1)CNCC2. The smallest absolute Gasteiger partial charge is 0.139 e. The molecule has 0 bridgehead atoms. The van der Waals surface area contributed by atoms with Gasteiger partial charge < -0.3 is 15.6 Å². The molecule has 3 rings (SSSR count). The molecule has 0 amide bonds. The molecular formula is C12H15N5. The summed E-state index contributed by atoms with van der Waals surface area (Å²) in [6.07, 6.45) is 2.86. The van der Waals surface area contributed by atoms with Crippen LogP contribution in [0.3, 0.4) is 0 Å². The van der Waals surface area contributed by atoms with Crippen LogP contribution in [0.2, 0.25) is 0 Å². The number of nitrogens with one attached hydrogen (secondary N) is 3. The maximum Gasteiger partial charge on any atom is 0.139 e. The van der Waals surface area contributed by atoms with Gasteiger partial charge in [-0.1, -0.05) is 0 Å². The molecule has 0 unspecified atom stereocenters. The van der Waals surface area contributed by atoms with Gasteiger partial charge in [0.25, 0.3) is 0 Å². The Balaban J connectivity index is 2.00. The van der Waals surface area contributed by atoms with Crippen LogP contribution >= 0.6 is 0 Å². The van der Waals surface area contributed by atoms with Crippen molar-refractivity contribution in [1.82, 2.24) is 20.3 Å². The summed E-state index contributed by atoms with van der Waals surface area (Å²) in [5, 5.41) is 6.66. The van der Waals surface area contributed by atoms with E-state index in [1.807, 2.05) is 25.3 Å². The van der Waals surface area contributed by atoms with Crippen molar-refractivity contribution in [3.8, 4) is 0 Å². The molecule has 0 spiro atoms. The predicted octanol–water partition coefficient (Wildman–Crippen LogP) is 1.50. The molecule has 0 atom stereocenters. The van der Waals surface area contributed by atoms with Crippen LogP contribution in [0, 0.1) is 6.92 Å². The zero-order chi connectivity index (χ0) is 11.7. The van der Waals surface area contributed by atoms with Gasteiger partial charge in [-0.2, -0.15) is 0 Å². The minimum atomic E-state index is 0.819. The highest BCUT2D eigenvalue weighted by Crippen LogP contribution is 2.22. The first-order chi connectivity index (χ1) is 8.33. The molecule has 88 valence electrons. The molecule has 2 aromatic rings. The van der Waals surface area contributed by atoms with Crippen LogP contribution in [-0.2, 0) is 13.0 Å². The van der Waals surface area contributed by atoms with Crippen LogP contribution in [0.4, 0.5) is 11.6 Å².